The van der Waals surface area contributed by atoms with Crippen LogP contribution in [0.3, 0.4) is 0 Å². The Hall–Kier alpha value is -2.29. The van der Waals surface area contributed by atoms with Crippen molar-refractivity contribution in [2.24, 2.45) is 0 Å². The van der Waals surface area contributed by atoms with Crippen molar-refractivity contribution in [2.45, 2.75) is 6.92 Å². The zero-order valence-corrected chi connectivity index (χ0v) is 10.2. The highest BCUT2D eigenvalue weighted by Crippen LogP contribution is 2.13. The Bertz CT molecular complexity index is 564. The van der Waals surface area contributed by atoms with Crippen LogP contribution in [0.2, 0.25) is 0 Å². The Balaban J connectivity index is 2.00. The van der Waals surface area contributed by atoms with Gasteiger partial charge in [0.05, 0.1) is 0 Å². The molecule has 2 aromatic carbocycles. The topological polar surface area (TPSA) is 52.3 Å². The number of aryl methyl sites for hydroxylation is 1. The van der Waals surface area contributed by atoms with Crippen LogP contribution in [0.15, 0.2) is 48.5 Å². The lowest BCUT2D eigenvalue weighted by atomic mass is 10.1. The lowest BCUT2D eigenvalue weighted by Gasteiger charge is -2.06. The van der Waals surface area contributed by atoms with Gasteiger partial charge in [0.2, 0.25) is 0 Å². The molecule has 0 amide bonds. The van der Waals surface area contributed by atoms with Crippen LogP contribution in [0.1, 0.15) is 15.9 Å². The van der Waals surface area contributed by atoms with E-state index in [4.69, 9.17) is 10.5 Å². The van der Waals surface area contributed by atoms with E-state index < -0.39 is 0 Å². The van der Waals surface area contributed by atoms with Gasteiger partial charge in [0.25, 0.3) is 0 Å². The maximum absolute atomic E-state index is 11.9. The third-order valence-electron chi connectivity index (χ3n) is 2.57. The van der Waals surface area contributed by atoms with Gasteiger partial charge in [-0.15, -0.1) is 0 Å². The van der Waals surface area contributed by atoms with E-state index in [9.17, 15) is 4.79 Å². The summed E-state index contributed by atoms with van der Waals surface area (Å²) >= 11 is 0. The maximum atomic E-state index is 11.9. The van der Waals surface area contributed by atoms with Crippen molar-refractivity contribution in [3.63, 3.8) is 0 Å². The van der Waals surface area contributed by atoms with Gasteiger partial charge in [0, 0.05) is 11.3 Å². The van der Waals surface area contributed by atoms with Crippen molar-refractivity contribution in [3.05, 3.63) is 59.7 Å². The molecule has 2 N–H and O–H groups in total. The van der Waals surface area contributed by atoms with E-state index >= 15 is 0 Å². The number of hydrogen-bond donors (Lipinski definition) is 1. The van der Waals surface area contributed by atoms with Crippen molar-refractivity contribution < 1.29 is 9.53 Å². The number of Topliss-reactive ketones (excluding diaryl/α,β-unsaturated/α-hetero) is 1. The van der Waals surface area contributed by atoms with E-state index in [0.29, 0.717) is 17.0 Å². The summed E-state index contributed by atoms with van der Waals surface area (Å²) in [6, 6.07) is 14.5. The molecule has 0 fully saturated rings. The fraction of sp³-hybridized carbons (Fsp3) is 0.133. The van der Waals surface area contributed by atoms with Gasteiger partial charge in [-0.25, -0.2) is 0 Å². The third-order valence-corrected chi connectivity index (χ3v) is 2.57. The van der Waals surface area contributed by atoms with Crippen LogP contribution in [-0.4, -0.2) is 12.4 Å². The highest BCUT2D eigenvalue weighted by Gasteiger charge is 2.06. The SMILES string of the molecule is Cc1cccc(OCC(=O)c2cccc(N)c2)c1. The predicted octanol–water partition coefficient (Wildman–Crippen LogP) is 2.84. The maximum Gasteiger partial charge on any atom is 0.200 e. The lowest BCUT2D eigenvalue weighted by molar-refractivity contribution is 0.0921. The van der Waals surface area contributed by atoms with E-state index in [2.05, 4.69) is 0 Å². The summed E-state index contributed by atoms with van der Waals surface area (Å²) < 4.78 is 5.45. The van der Waals surface area contributed by atoms with Crippen LogP contribution in [0.4, 0.5) is 5.69 Å². The molecule has 0 saturated heterocycles. The number of nitrogens with two attached hydrogens (primary N) is 1. The Kier molecular flexibility index (Phi) is 3.63. The number of anilines is 1. The van der Waals surface area contributed by atoms with Crippen LogP contribution in [0.5, 0.6) is 5.75 Å². The number of ketones is 1. The molecule has 18 heavy (non-hydrogen) atoms. The van der Waals surface area contributed by atoms with Gasteiger partial charge in [-0.1, -0.05) is 24.3 Å². The third kappa shape index (κ3) is 3.10. The molecule has 0 unspecified atom stereocenters. The van der Waals surface area contributed by atoms with E-state index in [1.807, 2.05) is 31.2 Å². The van der Waals surface area contributed by atoms with E-state index in [-0.39, 0.29) is 12.4 Å². The molecule has 0 saturated carbocycles. The minimum atomic E-state index is -0.0798. The number of carbonyl (C=O) groups excluding carboxylic acids is 1. The van der Waals surface area contributed by atoms with Gasteiger partial charge in [-0.3, -0.25) is 4.79 Å². The summed E-state index contributed by atoms with van der Waals surface area (Å²) in [5, 5.41) is 0. The molecule has 3 heteroatoms. The van der Waals surface area contributed by atoms with Gasteiger partial charge in [-0.2, -0.15) is 0 Å². The molecule has 0 aliphatic carbocycles. The molecule has 0 atom stereocenters. The average molecular weight is 241 g/mol. The summed E-state index contributed by atoms with van der Waals surface area (Å²) in [7, 11) is 0. The Morgan fingerprint density at radius 2 is 1.94 bits per heavy atom. The zero-order chi connectivity index (χ0) is 13.0. The van der Waals surface area contributed by atoms with Crippen molar-refractivity contribution in [1.29, 1.82) is 0 Å². The van der Waals surface area contributed by atoms with Crippen LogP contribution >= 0.6 is 0 Å². The van der Waals surface area contributed by atoms with Crippen molar-refractivity contribution in [3.8, 4) is 5.75 Å². The van der Waals surface area contributed by atoms with Gasteiger partial charge < -0.3 is 10.5 Å². The normalized spacial score (nSPS) is 10.1. The molecule has 0 spiro atoms. The summed E-state index contributed by atoms with van der Waals surface area (Å²) in [6.45, 7) is 2.00. The highest BCUT2D eigenvalue weighted by molar-refractivity contribution is 5.97. The number of nitrogen functional groups attached to an aromatic ring is 1. The molecule has 2 aromatic rings. The molecular formula is C15H15NO2. The highest BCUT2D eigenvalue weighted by atomic mass is 16.5. The number of ether oxygens (including phenoxy) is 1. The first-order chi connectivity index (χ1) is 8.65. The first-order valence-electron chi connectivity index (χ1n) is 5.73. The van der Waals surface area contributed by atoms with Crippen molar-refractivity contribution in [2.75, 3.05) is 12.3 Å². The first kappa shape index (κ1) is 12.2. The number of carbonyl (C=O) groups is 1. The first-order valence-corrected chi connectivity index (χ1v) is 5.73. The second kappa shape index (κ2) is 5.36. The van der Waals surface area contributed by atoms with Crippen LogP contribution < -0.4 is 10.5 Å². The van der Waals surface area contributed by atoms with E-state index in [0.717, 1.165) is 5.56 Å². The molecule has 0 aliphatic rings. The Morgan fingerprint density at radius 1 is 1.17 bits per heavy atom. The molecule has 0 heterocycles. The summed E-state index contributed by atoms with van der Waals surface area (Å²) in [5.41, 5.74) is 7.88. The Morgan fingerprint density at radius 3 is 2.67 bits per heavy atom. The van der Waals surface area contributed by atoms with Gasteiger partial charge >= 0.3 is 0 Å². The quantitative estimate of drug-likeness (QED) is 0.661. The van der Waals surface area contributed by atoms with Crippen LogP contribution in [0.25, 0.3) is 0 Å². The average Bonchev–Trinajstić information content (AvgIpc) is 2.36. The number of benzene rings is 2. The molecule has 0 aliphatic heterocycles. The van der Waals surface area contributed by atoms with E-state index in [1.165, 1.54) is 0 Å². The van der Waals surface area contributed by atoms with Crippen molar-refractivity contribution >= 4 is 11.5 Å². The zero-order valence-electron chi connectivity index (χ0n) is 10.2. The molecular weight excluding hydrogens is 226 g/mol. The second-order valence-corrected chi connectivity index (χ2v) is 4.15. The molecule has 0 radical (unpaired) electrons. The van der Waals surface area contributed by atoms with E-state index in [1.54, 1.807) is 24.3 Å². The molecule has 2 rings (SSSR count). The monoisotopic (exact) mass is 241 g/mol. The van der Waals surface area contributed by atoms with Crippen molar-refractivity contribution in [1.82, 2.24) is 0 Å². The molecule has 0 aromatic heterocycles. The lowest BCUT2D eigenvalue weighted by Crippen LogP contribution is -2.11. The minimum absolute atomic E-state index is 0.0207. The molecule has 3 nitrogen and oxygen atoms in total. The fourth-order valence-electron chi connectivity index (χ4n) is 1.65. The Labute approximate surface area is 106 Å². The largest absolute Gasteiger partial charge is 0.485 e. The minimum Gasteiger partial charge on any atom is -0.485 e. The standard InChI is InChI=1S/C15H15NO2/c1-11-4-2-7-14(8-11)18-10-15(17)12-5-3-6-13(16)9-12/h2-9H,10,16H2,1H3. The second-order valence-electron chi connectivity index (χ2n) is 4.15. The smallest absolute Gasteiger partial charge is 0.200 e. The predicted molar refractivity (Wildman–Crippen MR) is 71.9 cm³/mol. The number of rotatable bonds is 4. The molecule has 92 valence electrons. The molecule has 0 bridgehead atoms. The number of hydrogen-bond acceptors (Lipinski definition) is 3. The summed E-state index contributed by atoms with van der Waals surface area (Å²) in [5.74, 6) is 0.621. The summed E-state index contributed by atoms with van der Waals surface area (Å²) in [4.78, 5) is 11.9. The van der Waals surface area contributed by atoms with Crippen LogP contribution in [-0.2, 0) is 0 Å². The van der Waals surface area contributed by atoms with Crippen LogP contribution in [0, 0.1) is 6.92 Å². The summed E-state index contributed by atoms with van der Waals surface area (Å²) in [6.07, 6.45) is 0. The van der Waals surface area contributed by atoms with Gasteiger partial charge in [0.15, 0.2) is 12.4 Å². The fourth-order valence-corrected chi connectivity index (χ4v) is 1.65. The van der Waals surface area contributed by atoms with Gasteiger partial charge in [-0.05, 0) is 36.8 Å². The van der Waals surface area contributed by atoms with Gasteiger partial charge in [0.1, 0.15) is 5.75 Å².